The van der Waals surface area contributed by atoms with Crippen molar-refractivity contribution in [1.29, 1.82) is 0 Å². The number of amides is 1. The van der Waals surface area contributed by atoms with Crippen LogP contribution in [-0.2, 0) is 13.9 Å². The second-order valence-electron chi connectivity index (χ2n) is 5.83. The minimum absolute atomic E-state index is 0.0619. The van der Waals surface area contributed by atoms with Crippen molar-refractivity contribution >= 4 is 13.7 Å². The highest BCUT2D eigenvalue weighted by Crippen LogP contribution is 2.41. The van der Waals surface area contributed by atoms with Crippen molar-refractivity contribution in [2.75, 3.05) is 6.61 Å². The van der Waals surface area contributed by atoms with Gasteiger partial charge in [0.2, 0.25) is 5.91 Å². The fourth-order valence-corrected chi connectivity index (χ4v) is 3.68. The zero-order valence-electron chi connectivity index (χ0n) is 11.4. The number of phosphoric acid groups is 1. The van der Waals surface area contributed by atoms with Gasteiger partial charge in [-0.2, -0.15) is 0 Å². The molecule has 6 nitrogen and oxygen atoms in total. The van der Waals surface area contributed by atoms with Gasteiger partial charge in [-0.1, -0.05) is 13.8 Å². The van der Waals surface area contributed by atoms with Gasteiger partial charge in [-0.25, -0.2) is 4.57 Å². The van der Waals surface area contributed by atoms with E-state index in [0.29, 0.717) is 24.4 Å². The molecule has 2 fully saturated rings. The maximum atomic E-state index is 12.3. The summed E-state index contributed by atoms with van der Waals surface area (Å²) in [6, 6.07) is 0.644. The van der Waals surface area contributed by atoms with E-state index in [1.165, 1.54) is 0 Å². The van der Waals surface area contributed by atoms with Crippen molar-refractivity contribution in [3.63, 3.8) is 0 Å². The molecule has 3 atom stereocenters. The Morgan fingerprint density at radius 2 is 2.11 bits per heavy atom. The third-order valence-corrected chi connectivity index (χ3v) is 4.72. The van der Waals surface area contributed by atoms with Crippen molar-refractivity contribution in [3.05, 3.63) is 0 Å². The summed E-state index contributed by atoms with van der Waals surface area (Å²) in [6.45, 7) is 4.20. The molecule has 19 heavy (non-hydrogen) atoms. The molecule has 0 aromatic carbocycles. The molecule has 2 heterocycles. The van der Waals surface area contributed by atoms with Crippen molar-refractivity contribution in [3.8, 4) is 0 Å². The lowest BCUT2D eigenvalue weighted by atomic mass is 9.96. The zero-order valence-corrected chi connectivity index (χ0v) is 12.3. The molecule has 0 saturated carbocycles. The van der Waals surface area contributed by atoms with Gasteiger partial charge in [-0.15, -0.1) is 0 Å². The minimum Gasteiger partial charge on any atom is -0.336 e. The van der Waals surface area contributed by atoms with Gasteiger partial charge in [-0.05, 0) is 31.6 Å². The molecule has 0 unspecified atom stereocenters. The van der Waals surface area contributed by atoms with Crippen LogP contribution in [0.2, 0.25) is 0 Å². The van der Waals surface area contributed by atoms with Gasteiger partial charge >= 0.3 is 7.82 Å². The standard InChI is InChI=1S/C12H22NO5P/c1-8(2)11-4-3-10-7-9(12(14)13(10)11)5-6-18-19(15,16)17/h8-11H,3-7H2,1-2H3,(H2,15,16,17)/t9-,10-,11-/m0/s1. The first-order chi connectivity index (χ1) is 8.79. The topological polar surface area (TPSA) is 87.1 Å². The molecule has 2 N–H and O–H groups in total. The molecule has 2 saturated heterocycles. The molecule has 110 valence electrons. The number of hydrogen-bond acceptors (Lipinski definition) is 3. The van der Waals surface area contributed by atoms with Crippen molar-refractivity contribution in [2.24, 2.45) is 11.8 Å². The summed E-state index contributed by atoms with van der Waals surface area (Å²) in [4.78, 5) is 31.6. The lowest BCUT2D eigenvalue weighted by Gasteiger charge is -2.27. The van der Waals surface area contributed by atoms with Gasteiger partial charge in [0.05, 0.1) is 6.61 Å². The molecule has 0 aliphatic carbocycles. The zero-order chi connectivity index (χ0) is 14.2. The van der Waals surface area contributed by atoms with Crippen LogP contribution in [0.5, 0.6) is 0 Å². The highest BCUT2D eigenvalue weighted by atomic mass is 31.2. The molecule has 2 aliphatic rings. The van der Waals surface area contributed by atoms with E-state index in [0.717, 1.165) is 19.3 Å². The molecule has 2 rings (SSSR count). The number of carbonyl (C=O) groups excluding carboxylic acids is 1. The molecule has 1 amide bonds. The average molecular weight is 291 g/mol. The third kappa shape index (κ3) is 3.37. The van der Waals surface area contributed by atoms with Crippen LogP contribution in [0.3, 0.4) is 0 Å². The predicted molar refractivity (Wildman–Crippen MR) is 69.2 cm³/mol. The number of nitrogens with zero attached hydrogens (tertiary/aromatic N) is 1. The molecule has 2 aliphatic heterocycles. The quantitative estimate of drug-likeness (QED) is 0.750. The maximum Gasteiger partial charge on any atom is 0.469 e. The summed E-state index contributed by atoms with van der Waals surface area (Å²) in [5.74, 6) is 0.452. The average Bonchev–Trinajstić information content (AvgIpc) is 2.79. The van der Waals surface area contributed by atoms with E-state index in [2.05, 4.69) is 18.4 Å². The highest BCUT2D eigenvalue weighted by Gasteiger charge is 2.47. The van der Waals surface area contributed by atoms with Gasteiger partial charge in [0.15, 0.2) is 0 Å². The Morgan fingerprint density at radius 1 is 1.42 bits per heavy atom. The molecule has 0 spiro atoms. The van der Waals surface area contributed by atoms with Crippen LogP contribution in [0.25, 0.3) is 0 Å². The van der Waals surface area contributed by atoms with E-state index in [4.69, 9.17) is 9.79 Å². The highest BCUT2D eigenvalue weighted by molar-refractivity contribution is 7.46. The first kappa shape index (κ1) is 15.0. The molecule has 0 radical (unpaired) electrons. The monoisotopic (exact) mass is 291 g/mol. The van der Waals surface area contributed by atoms with Crippen molar-refractivity contribution < 1.29 is 23.7 Å². The number of hydrogen-bond donors (Lipinski definition) is 2. The van der Waals surface area contributed by atoms with Gasteiger partial charge in [0, 0.05) is 18.0 Å². The summed E-state index contributed by atoms with van der Waals surface area (Å²) in [7, 11) is -4.42. The molecule has 7 heteroatoms. The predicted octanol–water partition coefficient (Wildman–Crippen LogP) is 1.52. The molecular formula is C12H22NO5P. The largest absolute Gasteiger partial charge is 0.469 e. The molecular weight excluding hydrogens is 269 g/mol. The smallest absolute Gasteiger partial charge is 0.336 e. The van der Waals surface area contributed by atoms with E-state index in [9.17, 15) is 9.36 Å². The van der Waals surface area contributed by atoms with Gasteiger partial charge in [0.1, 0.15) is 0 Å². The fraction of sp³-hybridized carbons (Fsp3) is 0.917. The Morgan fingerprint density at radius 3 is 2.68 bits per heavy atom. The van der Waals surface area contributed by atoms with E-state index in [-0.39, 0.29) is 18.4 Å². The minimum atomic E-state index is -4.42. The first-order valence-electron chi connectivity index (χ1n) is 6.82. The van der Waals surface area contributed by atoms with Crippen LogP contribution in [0.15, 0.2) is 0 Å². The fourth-order valence-electron chi connectivity index (χ4n) is 3.34. The Kier molecular flexibility index (Phi) is 4.35. The number of rotatable bonds is 5. The summed E-state index contributed by atoms with van der Waals surface area (Å²) >= 11 is 0. The lowest BCUT2D eigenvalue weighted by Crippen LogP contribution is -2.39. The normalized spacial score (nSPS) is 31.3. The van der Waals surface area contributed by atoms with Crippen molar-refractivity contribution in [2.45, 2.75) is 51.6 Å². The number of carbonyl (C=O) groups is 1. The maximum absolute atomic E-state index is 12.3. The van der Waals surface area contributed by atoms with Crippen molar-refractivity contribution in [1.82, 2.24) is 4.90 Å². The Balaban J connectivity index is 1.90. The Bertz CT molecular complexity index is 394. The van der Waals surface area contributed by atoms with Gasteiger partial charge in [0.25, 0.3) is 0 Å². The summed E-state index contributed by atoms with van der Waals surface area (Å²) in [5, 5.41) is 0. The Labute approximate surface area is 113 Å². The molecule has 0 aromatic heterocycles. The van der Waals surface area contributed by atoms with E-state index < -0.39 is 7.82 Å². The van der Waals surface area contributed by atoms with Gasteiger partial charge < -0.3 is 14.7 Å². The molecule has 0 bridgehead atoms. The first-order valence-corrected chi connectivity index (χ1v) is 8.35. The lowest BCUT2D eigenvalue weighted by molar-refractivity contribution is -0.134. The number of phosphoric ester groups is 1. The van der Waals surface area contributed by atoms with Crippen LogP contribution in [0, 0.1) is 11.8 Å². The number of fused-ring (bicyclic) bond motifs is 1. The van der Waals surface area contributed by atoms with Crippen LogP contribution in [0.1, 0.15) is 39.5 Å². The van der Waals surface area contributed by atoms with E-state index >= 15 is 0 Å². The van der Waals surface area contributed by atoms with Crippen LogP contribution in [-0.4, -0.2) is 39.3 Å². The second-order valence-corrected chi connectivity index (χ2v) is 7.07. The molecule has 0 aromatic rings. The summed E-state index contributed by atoms with van der Waals surface area (Å²) in [5.41, 5.74) is 0. The van der Waals surface area contributed by atoms with Crippen LogP contribution < -0.4 is 0 Å². The summed E-state index contributed by atoms with van der Waals surface area (Å²) in [6.07, 6.45) is 3.30. The van der Waals surface area contributed by atoms with Gasteiger partial charge in [-0.3, -0.25) is 9.32 Å². The Hall–Kier alpha value is -0.420. The second kappa shape index (κ2) is 5.52. The summed E-state index contributed by atoms with van der Waals surface area (Å²) < 4.78 is 15.0. The van der Waals surface area contributed by atoms with E-state index in [1.807, 2.05) is 4.90 Å². The third-order valence-electron chi connectivity index (χ3n) is 4.20. The van der Waals surface area contributed by atoms with E-state index in [1.54, 1.807) is 0 Å². The van der Waals surface area contributed by atoms with Crippen LogP contribution in [0.4, 0.5) is 0 Å². The van der Waals surface area contributed by atoms with Crippen LogP contribution >= 0.6 is 7.82 Å². The SMILES string of the molecule is CC(C)[C@@H]1CC[C@H]2C[C@H](CCOP(=O)(O)O)C(=O)N21.